The Balaban J connectivity index is 2.25. The van der Waals surface area contributed by atoms with Gasteiger partial charge in [-0.1, -0.05) is 6.92 Å². The van der Waals surface area contributed by atoms with Gasteiger partial charge in [0.1, 0.15) is 11.6 Å². The van der Waals surface area contributed by atoms with Crippen LogP contribution < -0.4 is 16.2 Å². The first kappa shape index (κ1) is 12.1. The van der Waals surface area contributed by atoms with Crippen molar-refractivity contribution in [2.75, 3.05) is 18.5 Å². The van der Waals surface area contributed by atoms with E-state index < -0.39 is 0 Å². The van der Waals surface area contributed by atoms with Gasteiger partial charge in [0.15, 0.2) is 0 Å². The van der Waals surface area contributed by atoms with Crippen LogP contribution in [-0.4, -0.2) is 29.6 Å². The van der Waals surface area contributed by atoms with Crippen molar-refractivity contribution in [2.45, 2.75) is 32.2 Å². The number of anilines is 1. The number of H-pyrrole nitrogens is 1. The molecule has 1 aromatic rings. The molecule has 1 saturated carbocycles. The Labute approximate surface area is 101 Å². The normalized spacial score (nSPS) is 16.9. The standard InChI is InChI=1S/C12H20N4O/c1-3-10-14-11(6-12(17)15-10)16(2)9(7-13)8-4-5-8/h6,8-9H,3-5,7,13H2,1-2H3,(H,14,15,17). The van der Waals surface area contributed by atoms with Gasteiger partial charge >= 0.3 is 0 Å². The summed E-state index contributed by atoms with van der Waals surface area (Å²) in [5, 5.41) is 0. The Morgan fingerprint density at radius 2 is 2.35 bits per heavy atom. The van der Waals surface area contributed by atoms with Gasteiger partial charge in [-0.25, -0.2) is 4.98 Å². The first-order valence-electron chi connectivity index (χ1n) is 6.18. The fraction of sp³-hybridized carbons (Fsp3) is 0.667. The summed E-state index contributed by atoms with van der Waals surface area (Å²) >= 11 is 0. The molecule has 0 aromatic carbocycles. The van der Waals surface area contributed by atoms with E-state index in [1.165, 1.54) is 12.8 Å². The summed E-state index contributed by atoms with van der Waals surface area (Å²) in [5.41, 5.74) is 5.71. The Bertz CT molecular complexity index is 438. The maximum absolute atomic E-state index is 11.5. The lowest BCUT2D eigenvalue weighted by molar-refractivity contribution is 0.564. The first-order valence-corrected chi connectivity index (χ1v) is 6.18. The number of aromatic nitrogens is 2. The second kappa shape index (κ2) is 4.87. The van der Waals surface area contributed by atoms with Crippen molar-refractivity contribution in [2.24, 2.45) is 11.7 Å². The van der Waals surface area contributed by atoms with Crippen LogP contribution in [0.4, 0.5) is 5.82 Å². The van der Waals surface area contributed by atoms with Gasteiger partial charge in [-0.15, -0.1) is 0 Å². The van der Waals surface area contributed by atoms with Gasteiger partial charge in [-0.2, -0.15) is 0 Å². The lowest BCUT2D eigenvalue weighted by Gasteiger charge is -2.28. The number of aromatic amines is 1. The highest BCUT2D eigenvalue weighted by Gasteiger charge is 2.33. The van der Waals surface area contributed by atoms with E-state index in [1.54, 1.807) is 6.07 Å². The third-order valence-corrected chi connectivity index (χ3v) is 3.38. The highest BCUT2D eigenvalue weighted by Crippen LogP contribution is 2.35. The van der Waals surface area contributed by atoms with Crippen LogP contribution in [-0.2, 0) is 6.42 Å². The van der Waals surface area contributed by atoms with E-state index in [2.05, 4.69) is 9.97 Å². The molecule has 1 heterocycles. The molecule has 1 aliphatic carbocycles. The van der Waals surface area contributed by atoms with Crippen LogP contribution in [0.1, 0.15) is 25.6 Å². The number of nitrogens with two attached hydrogens (primary N) is 1. The molecule has 17 heavy (non-hydrogen) atoms. The Hall–Kier alpha value is -1.36. The molecule has 0 spiro atoms. The lowest BCUT2D eigenvalue weighted by Crippen LogP contribution is -2.40. The molecular weight excluding hydrogens is 216 g/mol. The van der Waals surface area contributed by atoms with Crippen molar-refractivity contribution in [1.29, 1.82) is 0 Å². The van der Waals surface area contributed by atoms with Crippen molar-refractivity contribution in [3.63, 3.8) is 0 Å². The molecule has 1 aromatic heterocycles. The summed E-state index contributed by atoms with van der Waals surface area (Å²) < 4.78 is 0. The Morgan fingerprint density at radius 1 is 1.65 bits per heavy atom. The third-order valence-electron chi connectivity index (χ3n) is 3.38. The highest BCUT2D eigenvalue weighted by molar-refractivity contribution is 5.38. The van der Waals surface area contributed by atoms with Crippen LogP contribution >= 0.6 is 0 Å². The minimum atomic E-state index is -0.0923. The van der Waals surface area contributed by atoms with E-state index in [1.807, 2.05) is 18.9 Å². The van der Waals surface area contributed by atoms with Crippen molar-refractivity contribution in [1.82, 2.24) is 9.97 Å². The Morgan fingerprint density at radius 3 is 2.88 bits per heavy atom. The van der Waals surface area contributed by atoms with Gasteiger partial charge in [0.25, 0.3) is 5.56 Å². The highest BCUT2D eigenvalue weighted by atomic mass is 16.1. The number of nitrogens with zero attached hydrogens (tertiary/aromatic N) is 2. The van der Waals surface area contributed by atoms with Gasteiger partial charge in [0, 0.05) is 32.1 Å². The number of likely N-dealkylation sites (N-methyl/N-ethyl adjacent to an activating group) is 1. The largest absolute Gasteiger partial charge is 0.355 e. The first-order chi connectivity index (χ1) is 8.15. The monoisotopic (exact) mass is 236 g/mol. The predicted octanol–water partition coefficient (Wildman–Crippen LogP) is 0.506. The molecule has 0 amide bonds. The summed E-state index contributed by atoms with van der Waals surface area (Å²) in [6.07, 6.45) is 3.19. The zero-order chi connectivity index (χ0) is 12.4. The van der Waals surface area contributed by atoms with Gasteiger partial charge < -0.3 is 15.6 Å². The van der Waals surface area contributed by atoms with Crippen LogP contribution in [0.15, 0.2) is 10.9 Å². The second-order valence-electron chi connectivity index (χ2n) is 4.66. The van der Waals surface area contributed by atoms with Crippen molar-refractivity contribution < 1.29 is 0 Å². The third kappa shape index (κ3) is 2.66. The summed E-state index contributed by atoms with van der Waals surface area (Å²) in [5.74, 6) is 2.12. The lowest BCUT2D eigenvalue weighted by atomic mass is 10.1. The fourth-order valence-electron chi connectivity index (χ4n) is 2.16. The van der Waals surface area contributed by atoms with E-state index in [0.717, 1.165) is 18.1 Å². The minimum absolute atomic E-state index is 0.0923. The van der Waals surface area contributed by atoms with Crippen LogP contribution in [0.3, 0.4) is 0 Å². The second-order valence-corrected chi connectivity index (χ2v) is 4.66. The molecule has 0 aliphatic heterocycles. The van der Waals surface area contributed by atoms with E-state index in [4.69, 9.17) is 5.73 Å². The van der Waals surface area contributed by atoms with Crippen LogP contribution in [0.2, 0.25) is 0 Å². The smallest absolute Gasteiger partial charge is 0.252 e. The quantitative estimate of drug-likeness (QED) is 0.781. The number of hydrogen-bond donors (Lipinski definition) is 2. The van der Waals surface area contributed by atoms with Crippen molar-refractivity contribution >= 4 is 5.82 Å². The number of nitrogens with one attached hydrogen (secondary N) is 1. The molecule has 0 bridgehead atoms. The number of hydrogen-bond acceptors (Lipinski definition) is 4. The summed E-state index contributed by atoms with van der Waals surface area (Å²) in [4.78, 5) is 20.7. The topological polar surface area (TPSA) is 75.0 Å². The van der Waals surface area contributed by atoms with E-state index >= 15 is 0 Å². The summed E-state index contributed by atoms with van der Waals surface area (Å²) in [6.45, 7) is 2.58. The van der Waals surface area contributed by atoms with E-state index in [0.29, 0.717) is 18.5 Å². The van der Waals surface area contributed by atoms with Gasteiger partial charge in [0.05, 0.1) is 0 Å². The average molecular weight is 236 g/mol. The number of rotatable bonds is 5. The van der Waals surface area contributed by atoms with Crippen LogP contribution in [0.25, 0.3) is 0 Å². The van der Waals surface area contributed by atoms with E-state index in [9.17, 15) is 4.79 Å². The molecule has 1 fully saturated rings. The molecule has 3 N–H and O–H groups in total. The van der Waals surface area contributed by atoms with Crippen LogP contribution in [0.5, 0.6) is 0 Å². The molecule has 2 rings (SSSR count). The SMILES string of the molecule is CCc1nc(N(C)C(CN)C2CC2)cc(=O)[nH]1. The fourth-order valence-corrected chi connectivity index (χ4v) is 2.16. The molecule has 1 unspecified atom stereocenters. The maximum Gasteiger partial charge on any atom is 0.252 e. The zero-order valence-electron chi connectivity index (χ0n) is 10.4. The maximum atomic E-state index is 11.5. The average Bonchev–Trinajstić information content (AvgIpc) is 3.13. The zero-order valence-corrected chi connectivity index (χ0v) is 10.4. The molecule has 0 saturated heterocycles. The molecule has 5 heteroatoms. The van der Waals surface area contributed by atoms with Crippen molar-refractivity contribution in [3.8, 4) is 0 Å². The summed E-state index contributed by atoms with van der Waals surface area (Å²) in [7, 11) is 1.97. The molecule has 94 valence electrons. The minimum Gasteiger partial charge on any atom is -0.355 e. The Kier molecular flexibility index (Phi) is 3.47. The number of aryl methyl sites for hydroxylation is 1. The summed E-state index contributed by atoms with van der Waals surface area (Å²) in [6, 6.07) is 1.85. The van der Waals surface area contributed by atoms with Gasteiger partial charge in [0.2, 0.25) is 0 Å². The molecule has 1 aliphatic rings. The molecule has 5 nitrogen and oxygen atoms in total. The molecular formula is C12H20N4O. The van der Waals surface area contributed by atoms with Crippen LogP contribution in [0, 0.1) is 5.92 Å². The predicted molar refractivity (Wildman–Crippen MR) is 68.2 cm³/mol. The van der Waals surface area contributed by atoms with Gasteiger partial charge in [-0.05, 0) is 18.8 Å². The van der Waals surface area contributed by atoms with E-state index in [-0.39, 0.29) is 5.56 Å². The van der Waals surface area contributed by atoms with Gasteiger partial charge in [-0.3, -0.25) is 4.79 Å². The molecule has 1 atom stereocenters. The molecule has 0 radical (unpaired) electrons. The van der Waals surface area contributed by atoms with Crippen molar-refractivity contribution in [3.05, 3.63) is 22.2 Å².